The lowest BCUT2D eigenvalue weighted by Gasteiger charge is -2.24. The molecule has 0 aromatic heterocycles. The van der Waals surface area contributed by atoms with E-state index in [9.17, 15) is 9.59 Å². The van der Waals surface area contributed by atoms with Crippen molar-refractivity contribution in [3.63, 3.8) is 0 Å². The summed E-state index contributed by atoms with van der Waals surface area (Å²) in [6.45, 7) is 4.09. The number of ether oxygens (including phenoxy) is 3. The molecule has 2 bridgehead atoms. The van der Waals surface area contributed by atoms with E-state index in [1.807, 2.05) is 26.0 Å². The zero-order chi connectivity index (χ0) is 21.6. The van der Waals surface area contributed by atoms with E-state index >= 15 is 0 Å². The number of rotatable bonds is 4. The molecule has 5 nitrogen and oxygen atoms in total. The summed E-state index contributed by atoms with van der Waals surface area (Å²) >= 11 is 0. The first-order chi connectivity index (χ1) is 14.9. The van der Waals surface area contributed by atoms with Crippen molar-refractivity contribution in [2.45, 2.75) is 37.9 Å². The molecule has 2 heterocycles. The lowest BCUT2D eigenvalue weighted by Crippen LogP contribution is -2.20. The molecule has 0 aliphatic carbocycles. The van der Waals surface area contributed by atoms with Gasteiger partial charge in [0.25, 0.3) is 0 Å². The molecule has 2 aliphatic heterocycles. The molecular weight excluding hydrogens is 392 g/mol. The maximum atomic E-state index is 12.7. The van der Waals surface area contributed by atoms with Gasteiger partial charge in [0.2, 0.25) is 0 Å². The van der Waals surface area contributed by atoms with Crippen molar-refractivity contribution in [2.75, 3.05) is 0 Å². The van der Waals surface area contributed by atoms with E-state index in [1.165, 1.54) is 0 Å². The monoisotopic (exact) mass is 414 g/mol. The Kier molecular flexibility index (Phi) is 4.45. The lowest BCUT2D eigenvalue weighted by molar-refractivity contribution is -0.0662. The van der Waals surface area contributed by atoms with Crippen molar-refractivity contribution in [1.82, 2.24) is 0 Å². The van der Waals surface area contributed by atoms with E-state index in [-0.39, 0.29) is 11.5 Å². The maximum absolute atomic E-state index is 12.7. The van der Waals surface area contributed by atoms with Gasteiger partial charge < -0.3 is 14.2 Å². The van der Waals surface area contributed by atoms with E-state index in [0.29, 0.717) is 11.1 Å². The van der Waals surface area contributed by atoms with Crippen LogP contribution in [0, 0.1) is 0 Å². The fourth-order valence-electron chi connectivity index (χ4n) is 4.52. The first kappa shape index (κ1) is 19.5. The SMILES string of the molecule is CC12CCC(C)(O1)c1cc(OC(=O)c3ccccc3)c(OC(=O)c3ccccc3)cc12. The Balaban J connectivity index is 1.55. The summed E-state index contributed by atoms with van der Waals surface area (Å²) in [5, 5.41) is 0. The molecule has 2 aliphatic rings. The molecule has 31 heavy (non-hydrogen) atoms. The first-order valence-electron chi connectivity index (χ1n) is 10.3. The van der Waals surface area contributed by atoms with E-state index in [1.54, 1.807) is 60.7 Å². The second kappa shape index (κ2) is 7.06. The molecule has 0 N–H and O–H groups in total. The highest BCUT2D eigenvalue weighted by atomic mass is 16.6. The number of hydrogen-bond donors (Lipinski definition) is 0. The number of hydrogen-bond acceptors (Lipinski definition) is 5. The van der Waals surface area contributed by atoms with E-state index in [2.05, 4.69) is 0 Å². The van der Waals surface area contributed by atoms with Crippen LogP contribution in [-0.4, -0.2) is 11.9 Å². The number of esters is 2. The highest BCUT2D eigenvalue weighted by molar-refractivity contribution is 5.93. The minimum absolute atomic E-state index is 0.206. The number of benzene rings is 3. The quantitative estimate of drug-likeness (QED) is 0.424. The summed E-state index contributed by atoms with van der Waals surface area (Å²) in [4.78, 5) is 25.5. The molecule has 5 rings (SSSR count). The van der Waals surface area contributed by atoms with Gasteiger partial charge in [-0.15, -0.1) is 0 Å². The molecule has 0 radical (unpaired) electrons. The van der Waals surface area contributed by atoms with Crippen LogP contribution in [0.3, 0.4) is 0 Å². The normalized spacial score (nSPS) is 23.3. The summed E-state index contributed by atoms with van der Waals surface area (Å²) in [7, 11) is 0. The van der Waals surface area contributed by atoms with Gasteiger partial charge in [0.1, 0.15) is 0 Å². The first-order valence-corrected chi connectivity index (χ1v) is 10.3. The lowest BCUT2D eigenvalue weighted by atomic mass is 9.78. The van der Waals surface area contributed by atoms with E-state index in [4.69, 9.17) is 14.2 Å². The maximum Gasteiger partial charge on any atom is 0.343 e. The summed E-state index contributed by atoms with van der Waals surface area (Å²) in [5.41, 5.74) is 1.88. The molecule has 3 aromatic rings. The van der Waals surface area contributed by atoms with Gasteiger partial charge in [-0.25, -0.2) is 9.59 Å². The van der Waals surface area contributed by atoms with Crippen LogP contribution < -0.4 is 9.47 Å². The molecule has 1 fully saturated rings. The average molecular weight is 414 g/mol. The van der Waals surface area contributed by atoms with Gasteiger partial charge in [0.05, 0.1) is 22.3 Å². The third kappa shape index (κ3) is 3.31. The van der Waals surface area contributed by atoms with Crippen molar-refractivity contribution in [1.29, 1.82) is 0 Å². The second-order valence-corrected chi connectivity index (χ2v) is 8.42. The standard InChI is InChI=1S/C26H22O5/c1-25-13-14-26(2,31-25)20-16-22(30-24(28)18-11-7-4-8-12-18)21(15-19(20)25)29-23(27)17-9-5-3-6-10-17/h3-12,15-16H,13-14H2,1-2H3. The molecule has 156 valence electrons. The Labute approximate surface area is 180 Å². The van der Waals surface area contributed by atoms with Crippen molar-refractivity contribution in [2.24, 2.45) is 0 Å². The highest BCUT2D eigenvalue weighted by Gasteiger charge is 2.55. The molecule has 2 atom stereocenters. The van der Waals surface area contributed by atoms with Gasteiger partial charge in [-0.05, 0) is 74.2 Å². The summed E-state index contributed by atoms with van der Waals surface area (Å²) in [5.74, 6) is -0.619. The van der Waals surface area contributed by atoms with E-state index in [0.717, 1.165) is 24.0 Å². The van der Waals surface area contributed by atoms with E-state index < -0.39 is 23.1 Å². The summed E-state index contributed by atoms with van der Waals surface area (Å²) < 4.78 is 17.7. The van der Waals surface area contributed by atoms with Crippen LogP contribution >= 0.6 is 0 Å². The van der Waals surface area contributed by atoms with Gasteiger partial charge in [-0.3, -0.25) is 0 Å². The Morgan fingerprint density at radius 3 is 1.48 bits per heavy atom. The fourth-order valence-corrected chi connectivity index (χ4v) is 4.52. The van der Waals surface area contributed by atoms with Crippen LogP contribution in [0.1, 0.15) is 58.5 Å². The van der Waals surface area contributed by atoms with Gasteiger partial charge in [0.15, 0.2) is 11.5 Å². The van der Waals surface area contributed by atoms with Gasteiger partial charge in [-0.2, -0.15) is 0 Å². The molecule has 1 saturated heterocycles. The van der Waals surface area contributed by atoms with Crippen molar-refractivity contribution >= 4 is 11.9 Å². The minimum atomic E-state index is -0.516. The molecule has 3 aromatic carbocycles. The Hall–Kier alpha value is -3.44. The average Bonchev–Trinajstić information content (AvgIpc) is 3.22. The Bertz CT molecular complexity index is 1080. The van der Waals surface area contributed by atoms with Gasteiger partial charge >= 0.3 is 11.9 Å². The number of carbonyl (C=O) groups excluding carboxylic acids is 2. The predicted octanol–water partition coefficient (Wildman–Crippen LogP) is 5.38. The van der Waals surface area contributed by atoms with Gasteiger partial charge in [0, 0.05) is 0 Å². The fraction of sp³-hybridized carbons (Fsp3) is 0.231. The summed E-state index contributed by atoms with van der Waals surface area (Å²) in [6, 6.07) is 21.0. The molecule has 0 amide bonds. The third-order valence-electron chi connectivity index (χ3n) is 6.18. The van der Waals surface area contributed by atoms with Crippen LogP contribution in [0.2, 0.25) is 0 Å². The Morgan fingerprint density at radius 1 is 0.710 bits per heavy atom. The Morgan fingerprint density at radius 2 is 1.10 bits per heavy atom. The number of fused-ring (bicyclic) bond motifs is 5. The van der Waals surface area contributed by atoms with Crippen molar-refractivity contribution < 1.29 is 23.8 Å². The van der Waals surface area contributed by atoms with Gasteiger partial charge in [-0.1, -0.05) is 36.4 Å². The zero-order valence-electron chi connectivity index (χ0n) is 17.4. The van der Waals surface area contributed by atoms with Crippen LogP contribution in [0.4, 0.5) is 0 Å². The van der Waals surface area contributed by atoms with Crippen molar-refractivity contribution in [3.8, 4) is 11.5 Å². The van der Waals surface area contributed by atoms with Crippen LogP contribution in [-0.2, 0) is 15.9 Å². The minimum Gasteiger partial charge on any atom is -0.419 e. The third-order valence-corrected chi connectivity index (χ3v) is 6.18. The van der Waals surface area contributed by atoms with Crippen molar-refractivity contribution in [3.05, 3.63) is 95.1 Å². The summed E-state index contributed by atoms with van der Waals surface area (Å²) in [6.07, 6.45) is 1.76. The topological polar surface area (TPSA) is 61.8 Å². The molecule has 2 unspecified atom stereocenters. The van der Waals surface area contributed by atoms with Crippen LogP contribution in [0.15, 0.2) is 72.8 Å². The molecule has 0 spiro atoms. The smallest absolute Gasteiger partial charge is 0.343 e. The van der Waals surface area contributed by atoms with Crippen LogP contribution in [0.25, 0.3) is 0 Å². The molecule has 0 saturated carbocycles. The van der Waals surface area contributed by atoms with Crippen LogP contribution in [0.5, 0.6) is 11.5 Å². The highest BCUT2D eigenvalue weighted by Crippen LogP contribution is 2.59. The zero-order valence-corrected chi connectivity index (χ0v) is 17.4. The molecular formula is C26H22O5. The number of carbonyl (C=O) groups is 2. The largest absolute Gasteiger partial charge is 0.419 e. The predicted molar refractivity (Wildman–Crippen MR) is 114 cm³/mol. The second-order valence-electron chi connectivity index (χ2n) is 8.42. The molecule has 5 heteroatoms.